The number of hydrogen-bond donors (Lipinski definition) is 1. The van der Waals surface area contributed by atoms with Gasteiger partial charge in [0, 0.05) is 24.8 Å². The van der Waals surface area contributed by atoms with Crippen LogP contribution in [0.2, 0.25) is 0 Å². The van der Waals surface area contributed by atoms with Crippen LogP contribution >= 0.6 is 0 Å². The number of benzene rings is 1. The summed E-state index contributed by atoms with van der Waals surface area (Å²) in [6.07, 6.45) is 2.97. The zero-order chi connectivity index (χ0) is 16.7. The summed E-state index contributed by atoms with van der Waals surface area (Å²) in [5, 5.41) is 2.69. The van der Waals surface area contributed by atoms with Crippen molar-refractivity contribution in [1.29, 1.82) is 0 Å². The van der Waals surface area contributed by atoms with Gasteiger partial charge in [0.25, 0.3) is 11.5 Å². The molecule has 0 fully saturated rings. The van der Waals surface area contributed by atoms with Gasteiger partial charge in [-0.05, 0) is 31.2 Å². The Morgan fingerprint density at radius 3 is 2.65 bits per heavy atom. The number of nitrogens with one attached hydrogen (secondary N) is 1. The molecule has 7 heteroatoms. The van der Waals surface area contributed by atoms with Gasteiger partial charge in [-0.3, -0.25) is 14.2 Å². The lowest BCUT2D eigenvalue weighted by Gasteiger charge is -2.09. The Bertz CT molecular complexity index is 710. The monoisotopic (exact) mass is 317 g/mol. The lowest BCUT2D eigenvalue weighted by atomic mass is 10.3. The van der Waals surface area contributed by atoms with Gasteiger partial charge in [-0.1, -0.05) is 0 Å². The molecule has 122 valence electrons. The highest BCUT2D eigenvalue weighted by molar-refractivity contribution is 5.77. The minimum atomic E-state index is -0.255. The van der Waals surface area contributed by atoms with Crippen LogP contribution in [0.5, 0.6) is 11.5 Å². The molecule has 0 aliphatic carbocycles. The van der Waals surface area contributed by atoms with E-state index in [4.69, 9.17) is 9.47 Å². The van der Waals surface area contributed by atoms with Gasteiger partial charge in [0.1, 0.15) is 11.5 Å². The second-order valence-corrected chi connectivity index (χ2v) is 4.89. The first-order valence-electron chi connectivity index (χ1n) is 7.15. The zero-order valence-corrected chi connectivity index (χ0v) is 13.1. The number of rotatable bonds is 7. The van der Waals surface area contributed by atoms with Crippen molar-refractivity contribution in [3.05, 3.63) is 52.7 Å². The number of amides is 1. The molecule has 1 aromatic heterocycles. The number of aromatic nitrogens is 2. The number of carbonyl (C=O) groups is 1. The van der Waals surface area contributed by atoms with E-state index in [-0.39, 0.29) is 18.1 Å². The first-order valence-corrected chi connectivity index (χ1v) is 7.15. The molecule has 0 bridgehead atoms. The molecule has 7 nitrogen and oxygen atoms in total. The molecule has 0 saturated heterocycles. The van der Waals surface area contributed by atoms with Gasteiger partial charge in [-0.15, -0.1) is 0 Å². The maximum absolute atomic E-state index is 11.8. The number of hydrogen-bond acceptors (Lipinski definition) is 5. The smallest absolute Gasteiger partial charge is 0.258 e. The molecule has 1 heterocycles. The summed E-state index contributed by atoms with van der Waals surface area (Å²) in [5.74, 6) is 1.05. The van der Waals surface area contributed by atoms with Crippen LogP contribution in [0, 0.1) is 6.92 Å². The third-order valence-electron chi connectivity index (χ3n) is 3.18. The number of aryl methyl sites for hydroxylation is 1. The molecule has 2 rings (SSSR count). The van der Waals surface area contributed by atoms with E-state index in [0.29, 0.717) is 24.4 Å². The summed E-state index contributed by atoms with van der Waals surface area (Å²) < 4.78 is 11.9. The molecule has 1 N–H and O–H groups in total. The largest absolute Gasteiger partial charge is 0.497 e. The van der Waals surface area contributed by atoms with Gasteiger partial charge in [0.15, 0.2) is 6.61 Å². The average molecular weight is 317 g/mol. The molecule has 0 aliphatic heterocycles. The fraction of sp³-hybridized carbons (Fsp3) is 0.312. The van der Waals surface area contributed by atoms with Crippen molar-refractivity contribution in [3.63, 3.8) is 0 Å². The zero-order valence-electron chi connectivity index (χ0n) is 13.1. The second-order valence-electron chi connectivity index (χ2n) is 4.89. The molecule has 0 unspecified atom stereocenters. The highest BCUT2D eigenvalue weighted by Crippen LogP contribution is 2.16. The summed E-state index contributed by atoms with van der Waals surface area (Å²) in [6, 6.07) is 6.96. The third-order valence-corrected chi connectivity index (χ3v) is 3.18. The van der Waals surface area contributed by atoms with Crippen molar-refractivity contribution in [2.24, 2.45) is 0 Å². The van der Waals surface area contributed by atoms with E-state index in [1.165, 1.54) is 17.1 Å². The SMILES string of the molecule is COc1ccc(OCC(=O)NCCn2cncc(C)c2=O)cc1. The summed E-state index contributed by atoms with van der Waals surface area (Å²) in [4.78, 5) is 27.4. The maximum atomic E-state index is 11.8. The highest BCUT2D eigenvalue weighted by atomic mass is 16.5. The van der Waals surface area contributed by atoms with Crippen LogP contribution < -0.4 is 20.3 Å². The molecule has 0 atom stereocenters. The summed E-state index contributed by atoms with van der Waals surface area (Å²) >= 11 is 0. The Hall–Kier alpha value is -2.83. The van der Waals surface area contributed by atoms with Crippen LogP contribution in [0.1, 0.15) is 5.56 Å². The summed E-state index contributed by atoms with van der Waals surface area (Å²) in [6.45, 7) is 2.30. The molecule has 0 saturated carbocycles. The van der Waals surface area contributed by atoms with Gasteiger partial charge >= 0.3 is 0 Å². The molecule has 1 aromatic carbocycles. The number of carbonyl (C=O) groups excluding carboxylic acids is 1. The van der Waals surface area contributed by atoms with Crippen LogP contribution in [0.4, 0.5) is 0 Å². The topological polar surface area (TPSA) is 82.4 Å². The number of ether oxygens (including phenoxy) is 2. The van der Waals surface area contributed by atoms with Crippen molar-refractivity contribution in [2.75, 3.05) is 20.3 Å². The van der Waals surface area contributed by atoms with Gasteiger partial charge in [0.05, 0.1) is 13.4 Å². The van der Waals surface area contributed by atoms with E-state index >= 15 is 0 Å². The minimum Gasteiger partial charge on any atom is -0.497 e. The van der Waals surface area contributed by atoms with Crippen LogP contribution in [0.15, 0.2) is 41.6 Å². The fourth-order valence-electron chi connectivity index (χ4n) is 1.91. The molecule has 2 aromatic rings. The van der Waals surface area contributed by atoms with Crippen LogP contribution in [-0.2, 0) is 11.3 Å². The Morgan fingerprint density at radius 1 is 1.26 bits per heavy atom. The van der Waals surface area contributed by atoms with Gasteiger partial charge < -0.3 is 14.8 Å². The normalized spacial score (nSPS) is 10.2. The van der Waals surface area contributed by atoms with E-state index in [1.54, 1.807) is 38.3 Å². The molecule has 23 heavy (non-hydrogen) atoms. The van der Waals surface area contributed by atoms with Crippen molar-refractivity contribution in [1.82, 2.24) is 14.9 Å². The fourth-order valence-corrected chi connectivity index (χ4v) is 1.91. The minimum absolute atomic E-state index is 0.0900. The first-order chi connectivity index (χ1) is 11.1. The molecular formula is C16H19N3O4. The lowest BCUT2D eigenvalue weighted by Crippen LogP contribution is -2.34. The molecule has 0 radical (unpaired) electrons. The van der Waals surface area contributed by atoms with Crippen molar-refractivity contribution < 1.29 is 14.3 Å². The average Bonchev–Trinajstić information content (AvgIpc) is 2.57. The van der Waals surface area contributed by atoms with Crippen molar-refractivity contribution >= 4 is 5.91 Å². The maximum Gasteiger partial charge on any atom is 0.258 e. The van der Waals surface area contributed by atoms with E-state index in [0.717, 1.165) is 5.75 Å². The van der Waals surface area contributed by atoms with E-state index in [9.17, 15) is 9.59 Å². The number of methoxy groups -OCH3 is 1. The Morgan fingerprint density at radius 2 is 1.96 bits per heavy atom. The quantitative estimate of drug-likeness (QED) is 0.815. The van der Waals surface area contributed by atoms with Gasteiger partial charge in [-0.25, -0.2) is 4.98 Å². The van der Waals surface area contributed by atoms with Crippen LogP contribution in [0.25, 0.3) is 0 Å². The van der Waals surface area contributed by atoms with Crippen LogP contribution in [-0.4, -0.2) is 35.7 Å². The molecule has 0 spiro atoms. The van der Waals surface area contributed by atoms with E-state index < -0.39 is 0 Å². The van der Waals surface area contributed by atoms with Crippen molar-refractivity contribution in [3.8, 4) is 11.5 Å². The molecule has 0 aliphatic rings. The first kappa shape index (κ1) is 16.5. The molecule has 1 amide bonds. The van der Waals surface area contributed by atoms with Gasteiger partial charge in [-0.2, -0.15) is 0 Å². The van der Waals surface area contributed by atoms with Gasteiger partial charge in [0.2, 0.25) is 0 Å². The summed E-state index contributed by atoms with van der Waals surface area (Å²) in [7, 11) is 1.58. The molecular weight excluding hydrogens is 298 g/mol. The Kier molecular flexibility index (Phi) is 5.74. The second kappa shape index (κ2) is 7.98. The summed E-state index contributed by atoms with van der Waals surface area (Å²) in [5.41, 5.74) is 0.463. The predicted molar refractivity (Wildman–Crippen MR) is 84.7 cm³/mol. The number of nitrogens with zero attached hydrogens (tertiary/aromatic N) is 2. The predicted octanol–water partition coefficient (Wildman–Crippen LogP) is 0.756. The van der Waals surface area contributed by atoms with Crippen LogP contribution in [0.3, 0.4) is 0 Å². The van der Waals surface area contributed by atoms with E-state index in [2.05, 4.69) is 10.3 Å². The Balaban J connectivity index is 1.74. The standard InChI is InChI=1S/C16H19N3O4/c1-12-9-17-11-19(16(12)21)8-7-18-15(20)10-23-14-5-3-13(22-2)4-6-14/h3-6,9,11H,7-8,10H2,1-2H3,(H,18,20). The lowest BCUT2D eigenvalue weighted by molar-refractivity contribution is -0.123. The Labute approximate surface area is 133 Å². The van der Waals surface area contributed by atoms with E-state index in [1.807, 2.05) is 0 Å². The van der Waals surface area contributed by atoms with Crippen molar-refractivity contribution in [2.45, 2.75) is 13.5 Å². The highest BCUT2D eigenvalue weighted by Gasteiger charge is 2.04. The third kappa shape index (κ3) is 4.84.